The van der Waals surface area contributed by atoms with Crippen molar-refractivity contribution in [3.8, 4) is 10.4 Å². The molecular weight excluding hydrogens is 336 g/mol. The number of aryl methyl sites for hydroxylation is 1. The molecule has 138 valence electrons. The quantitative estimate of drug-likeness (QED) is 0.581. The second kappa shape index (κ2) is 11.1. The van der Waals surface area contributed by atoms with Crippen LogP contribution in [0.2, 0.25) is 0 Å². The van der Waals surface area contributed by atoms with Crippen LogP contribution in [-0.2, 0) is 16.0 Å². The zero-order valence-corrected chi connectivity index (χ0v) is 15.9. The molecule has 1 heterocycles. The third-order valence-electron chi connectivity index (χ3n) is 3.82. The smallest absolute Gasteiger partial charge is 0.284 e. The maximum absolute atomic E-state index is 12.7. The standard InChI is InChI=1S/C19H28N2O3S/c1-3-4-12-21-19(22)17(20-11-8-13-24-15-14-23-2)18(25-21)16-9-6-5-7-10-16/h5-7,9-10,20H,3-4,8,11-15H2,1-2H3. The third kappa shape index (κ3) is 5.99. The molecule has 0 saturated carbocycles. The van der Waals surface area contributed by atoms with Gasteiger partial charge in [0.15, 0.2) is 0 Å². The van der Waals surface area contributed by atoms with E-state index in [1.165, 1.54) is 0 Å². The van der Waals surface area contributed by atoms with Crippen molar-refractivity contribution in [3.63, 3.8) is 0 Å². The Bertz CT molecular complexity index is 667. The lowest BCUT2D eigenvalue weighted by atomic mass is 10.2. The highest BCUT2D eigenvalue weighted by Gasteiger charge is 2.16. The monoisotopic (exact) mass is 364 g/mol. The minimum Gasteiger partial charge on any atom is -0.382 e. The predicted molar refractivity (Wildman–Crippen MR) is 105 cm³/mol. The number of methoxy groups -OCH3 is 1. The van der Waals surface area contributed by atoms with Crippen LogP contribution in [0.1, 0.15) is 26.2 Å². The van der Waals surface area contributed by atoms with Crippen LogP contribution in [0.25, 0.3) is 10.4 Å². The van der Waals surface area contributed by atoms with E-state index in [0.29, 0.717) is 32.1 Å². The maximum atomic E-state index is 12.7. The van der Waals surface area contributed by atoms with E-state index < -0.39 is 0 Å². The molecule has 0 aliphatic carbocycles. The third-order valence-corrected chi connectivity index (χ3v) is 5.01. The van der Waals surface area contributed by atoms with E-state index in [0.717, 1.165) is 36.2 Å². The zero-order chi connectivity index (χ0) is 17.9. The van der Waals surface area contributed by atoms with Gasteiger partial charge >= 0.3 is 0 Å². The Morgan fingerprint density at radius 2 is 1.92 bits per heavy atom. The number of nitrogens with zero attached hydrogens (tertiary/aromatic N) is 1. The topological polar surface area (TPSA) is 52.5 Å². The fourth-order valence-electron chi connectivity index (χ4n) is 2.44. The van der Waals surface area contributed by atoms with Crippen LogP contribution in [0.4, 0.5) is 5.69 Å². The van der Waals surface area contributed by atoms with Crippen LogP contribution in [0.5, 0.6) is 0 Å². The van der Waals surface area contributed by atoms with Crippen molar-refractivity contribution < 1.29 is 9.47 Å². The number of rotatable bonds is 12. The highest BCUT2D eigenvalue weighted by molar-refractivity contribution is 7.10. The summed E-state index contributed by atoms with van der Waals surface area (Å²) in [6.07, 6.45) is 2.94. The molecule has 0 unspecified atom stereocenters. The second-order valence-corrected chi connectivity index (χ2v) is 6.84. The van der Waals surface area contributed by atoms with Gasteiger partial charge in [-0.05, 0) is 18.4 Å². The maximum Gasteiger partial charge on any atom is 0.284 e. The van der Waals surface area contributed by atoms with Crippen LogP contribution in [0.3, 0.4) is 0 Å². The Labute approximate surface area is 153 Å². The molecule has 0 aliphatic rings. The van der Waals surface area contributed by atoms with Crippen LogP contribution in [0.15, 0.2) is 35.1 Å². The molecule has 25 heavy (non-hydrogen) atoms. The Kier molecular flexibility index (Phi) is 8.72. The van der Waals surface area contributed by atoms with Gasteiger partial charge in [-0.2, -0.15) is 0 Å². The van der Waals surface area contributed by atoms with Crippen LogP contribution >= 0.6 is 11.5 Å². The van der Waals surface area contributed by atoms with E-state index in [2.05, 4.69) is 24.4 Å². The molecule has 6 heteroatoms. The number of hydrogen-bond acceptors (Lipinski definition) is 5. The van der Waals surface area contributed by atoms with Crippen LogP contribution in [0, 0.1) is 0 Å². The van der Waals surface area contributed by atoms with Crippen LogP contribution < -0.4 is 10.9 Å². The van der Waals surface area contributed by atoms with E-state index in [9.17, 15) is 4.79 Å². The van der Waals surface area contributed by atoms with Crippen molar-refractivity contribution >= 4 is 17.2 Å². The van der Waals surface area contributed by atoms with E-state index in [4.69, 9.17) is 9.47 Å². The first-order chi connectivity index (χ1) is 12.3. The van der Waals surface area contributed by atoms with Gasteiger partial charge in [0.25, 0.3) is 5.56 Å². The van der Waals surface area contributed by atoms with Crippen molar-refractivity contribution in [1.29, 1.82) is 0 Å². The summed E-state index contributed by atoms with van der Waals surface area (Å²) >= 11 is 1.55. The summed E-state index contributed by atoms with van der Waals surface area (Å²) in [4.78, 5) is 13.8. The predicted octanol–water partition coefficient (Wildman–Crippen LogP) is 3.84. The first-order valence-corrected chi connectivity index (χ1v) is 9.65. The minimum atomic E-state index is 0.0811. The van der Waals surface area contributed by atoms with E-state index >= 15 is 0 Å². The summed E-state index contributed by atoms with van der Waals surface area (Å²) in [5.41, 5.74) is 1.88. The Hall–Kier alpha value is -1.63. The van der Waals surface area contributed by atoms with E-state index in [1.807, 2.05) is 22.2 Å². The number of anilines is 1. The summed E-state index contributed by atoms with van der Waals surface area (Å²) in [6.45, 7) is 5.51. The van der Waals surface area contributed by atoms with Crippen molar-refractivity contribution in [2.24, 2.45) is 0 Å². The fraction of sp³-hybridized carbons (Fsp3) is 0.526. The number of unbranched alkanes of at least 4 members (excludes halogenated alkanes) is 1. The molecule has 1 aromatic heterocycles. The molecule has 0 amide bonds. The number of hydrogen-bond donors (Lipinski definition) is 1. The molecule has 0 fully saturated rings. The van der Waals surface area contributed by atoms with Crippen molar-refractivity contribution in [3.05, 3.63) is 40.7 Å². The lowest BCUT2D eigenvalue weighted by Crippen LogP contribution is -2.18. The molecule has 0 atom stereocenters. The van der Waals surface area contributed by atoms with Gasteiger partial charge in [0.1, 0.15) is 5.69 Å². The average molecular weight is 365 g/mol. The highest BCUT2D eigenvalue weighted by atomic mass is 32.1. The normalized spacial score (nSPS) is 11.0. The summed E-state index contributed by atoms with van der Waals surface area (Å²) in [7, 11) is 1.66. The summed E-state index contributed by atoms with van der Waals surface area (Å²) in [5, 5.41) is 3.33. The molecule has 2 aromatic rings. The Morgan fingerprint density at radius 3 is 2.64 bits per heavy atom. The first kappa shape index (κ1) is 19.7. The van der Waals surface area contributed by atoms with Gasteiger partial charge in [0.2, 0.25) is 0 Å². The van der Waals surface area contributed by atoms with Gasteiger partial charge in [0.05, 0.1) is 18.1 Å². The fourth-order valence-corrected chi connectivity index (χ4v) is 3.55. The molecule has 0 aliphatic heterocycles. The van der Waals surface area contributed by atoms with Gasteiger partial charge in [-0.15, -0.1) is 0 Å². The molecule has 0 bridgehead atoms. The van der Waals surface area contributed by atoms with Gasteiger partial charge in [0, 0.05) is 26.8 Å². The van der Waals surface area contributed by atoms with E-state index in [1.54, 1.807) is 18.6 Å². The van der Waals surface area contributed by atoms with Crippen LogP contribution in [-0.4, -0.2) is 37.4 Å². The number of ether oxygens (including phenoxy) is 2. The Balaban J connectivity index is 2.04. The number of benzene rings is 1. The highest BCUT2D eigenvalue weighted by Crippen LogP contribution is 2.30. The largest absolute Gasteiger partial charge is 0.382 e. The van der Waals surface area contributed by atoms with E-state index in [-0.39, 0.29) is 5.56 Å². The molecule has 5 nitrogen and oxygen atoms in total. The summed E-state index contributed by atoms with van der Waals surface area (Å²) in [5.74, 6) is 0. The zero-order valence-electron chi connectivity index (χ0n) is 15.1. The second-order valence-electron chi connectivity index (χ2n) is 5.81. The molecule has 0 saturated heterocycles. The summed E-state index contributed by atoms with van der Waals surface area (Å²) < 4.78 is 12.3. The van der Waals surface area contributed by atoms with Gasteiger partial charge in [-0.1, -0.05) is 55.2 Å². The summed E-state index contributed by atoms with van der Waals surface area (Å²) in [6, 6.07) is 10.1. The van der Waals surface area contributed by atoms with Crippen molar-refractivity contribution in [1.82, 2.24) is 3.96 Å². The van der Waals surface area contributed by atoms with Gasteiger partial charge in [-0.3, -0.25) is 8.75 Å². The average Bonchev–Trinajstić information content (AvgIpc) is 2.96. The Morgan fingerprint density at radius 1 is 1.12 bits per heavy atom. The first-order valence-electron chi connectivity index (χ1n) is 8.88. The van der Waals surface area contributed by atoms with Gasteiger partial charge in [-0.25, -0.2) is 0 Å². The molecule has 0 spiro atoms. The SMILES string of the molecule is CCCCn1sc(-c2ccccc2)c(NCCCOCCOC)c1=O. The molecular formula is C19H28N2O3S. The molecule has 1 N–H and O–H groups in total. The lowest BCUT2D eigenvalue weighted by Gasteiger charge is -2.07. The van der Waals surface area contributed by atoms with Gasteiger partial charge < -0.3 is 14.8 Å². The molecule has 2 rings (SSSR count). The van der Waals surface area contributed by atoms with Crippen molar-refractivity contribution in [2.45, 2.75) is 32.7 Å². The number of nitrogens with one attached hydrogen (secondary N) is 1. The number of aromatic nitrogens is 1. The van der Waals surface area contributed by atoms with Crippen molar-refractivity contribution in [2.75, 3.05) is 38.8 Å². The molecule has 0 radical (unpaired) electrons. The lowest BCUT2D eigenvalue weighted by molar-refractivity contribution is 0.0705. The minimum absolute atomic E-state index is 0.0811. The molecule has 1 aromatic carbocycles.